The van der Waals surface area contributed by atoms with Crippen molar-refractivity contribution in [2.45, 2.75) is 31.8 Å². The zero-order chi connectivity index (χ0) is 15.8. The van der Waals surface area contributed by atoms with Crippen LogP contribution in [0.4, 0.5) is 8.78 Å². The molecule has 120 valence electrons. The van der Waals surface area contributed by atoms with Crippen molar-refractivity contribution in [1.82, 2.24) is 5.32 Å². The summed E-state index contributed by atoms with van der Waals surface area (Å²) in [7, 11) is 0.568. The molecule has 2 atom stereocenters. The van der Waals surface area contributed by atoms with Crippen molar-refractivity contribution in [1.29, 1.82) is 0 Å². The summed E-state index contributed by atoms with van der Waals surface area (Å²) in [5, 5.41) is 3.32. The van der Waals surface area contributed by atoms with Gasteiger partial charge in [0.05, 0.1) is 7.11 Å². The van der Waals surface area contributed by atoms with Gasteiger partial charge in [0.15, 0.2) is 11.5 Å². The van der Waals surface area contributed by atoms with Crippen molar-refractivity contribution in [3.05, 3.63) is 23.8 Å². The number of rotatable bonds is 9. The van der Waals surface area contributed by atoms with Crippen molar-refractivity contribution in [3.63, 3.8) is 0 Å². The van der Waals surface area contributed by atoms with Crippen LogP contribution in [0.25, 0.3) is 0 Å². The lowest BCUT2D eigenvalue weighted by Gasteiger charge is -2.12. The Labute approximate surface area is 126 Å². The molecule has 1 N–H and O–H groups in total. The molecular weight excluding hydrogens is 300 g/mol. The number of ether oxygens (including phenoxy) is 2. The molecule has 0 spiro atoms. The number of halogens is 2. The molecule has 0 aliphatic rings. The quantitative estimate of drug-likeness (QED) is 0.710. The number of benzene rings is 1. The fourth-order valence-corrected chi connectivity index (χ4v) is 2.17. The van der Waals surface area contributed by atoms with Gasteiger partial charge in [0.25, 0.3) is 0 Å². The van der Waals surface area contributed by atoms with Crippen LogP contribution in [0.3, 0.4) is 0 Å². The highest BCUT2D eigenvalue weighted by atomic mass is 32.2. The van der Waals surface area contributed by atoms with Crippen LogP contribution >= 0.6 is 0 Å². The fraction of sp³-hybridized carbons (Fsp3) is 0.571. The molecule has 0 saturated heterocycles. The minimum absolute atomic E-state index is 0.0230. The van der Waals surface area contributed by atoms with Gasteiger partial charge in [-0.05, 0) is 30.7 Å². The summed E-state index contributed by atoms with van der Waals surface area (Å²) in [6, 6.07) is 4.91. The largest absolute Gasteiger partial charge is 0.493 e. The Hall–Kier alpha value is -1.21. The number of nitrogens with one attached hydrogen (secondary N) is 1. The minimum atomic E-state index is -2.89. The molecule has 7 heteroatoms. The Morgan fingerprint density at radius 1 is 1.33 bits per heavy atom. The summed E-state index contributed by atoms with van der Waals surface area (Å²) in [6.45, 7) is 0.270. The van der Waals surface area contributed by atoms with E-state index in [1.54, 1.807) is 18.4 Å². The average Bonchev–Trinajstić information content (AvgIpc) is 2.42. The molecule has 1 aromatic carbocycles. The minimum Gasteiger partial charge on any atom is -0.493 e. The van der Waals surface area contributed by atoms with E-state index in [-0.39, 0.29) is 16.7 Å². The van der Waals surface area contributed by atoms with Crippen molar-refractivity contribution in [3.8, 4) is 11.5 Å². The van der Waals surface area contributed by atoms with E-state index < -0.39 is 17.4 Å². The first-order valence-electron chi connectivity index (χ1n) is 6.58. The molecule has 1 rings (SSSR count). The lowest BCUT2D eigenvalue weighted by molar-refractivity contribution is -0.0512. The molecule has 0 fully saturated rings. The lowest BCUT2D eigenvalue weighted by Crippen LogP contribution is -2.21. The predicted octanol–water partition coefficient (Wildman–Crippen LogP) is 2.54. The number of hydrogen-bond donors (Lipinski definition) is 1. The summed E-state index contributed by atoms with van der Waals surface area (Å²) in [5.74, 6) is 0.295. The molecule has 0 saturated carbocycles. The normalized spacial score (nSPS) is 14.0. The third-order valence-electron chi connectivity index (χ3n) is 3.07. The van der Waals surface area contributed by atoms with Crippen LogP contribution in [0.1, 0.15) is 18.9 Å². The number of methoxy groups -OCH3 is 1. The van der Waals surface area contributed by atoms with Gasteiger partial charge in [0.1, 0.15) is 0 Å². The zero-order valence-corrected chi connectivity index (χ0v) is 13.2. The van der Waals surface area contributed by atoms with Crippen LogP contribution in [0.5, 0.6) is 11.5 Å². The van der Waals surface area contributed by atoms with Gasteiger partial charge in [0, 0.05) is 28.9 Å². The highest BCUT2D eigenvalue weighted by Crippen LogP contribution is 2.29. The van der Waals surface area contributed by atoms with Gasteiger partial charge in [-0.1, -0.05) is 13.0 Å². The van der Waals surface area contributed by atoms with E-state index in [2.05, 4.69) is 10.1 Å². The maximum Gasteiger partial charge on any atom is 0.387 e. The standard InChI is InChI=1S/C14H21F2NO3S/c1-10(21(3)18)6-7-17-9-11-4-5-12(19-2)13(8-11)20-14(15)16/h4-5,8,10,14,17H,6-7,9H2,1-3H3. The van der Waals surface area contributed by atoms with Crippen molar-refractivity contribution < 1.29 is 22.5 Å². The molecule has 0 aliphatic carbocycles. The third-order valence-corrected chi connectivity index (χ3v) is 4.44. The Morgan fingerprint density at radius 2 is 2.05 bits per heavy atom. The maximum atomic E-state index is 12.3. The topological polar surface area (TPSA) is 47.6 Å². The van der Waals surface area contributed by atoms with E-state index in [0.29, 0.717) is 13.1 Å². The fourth-order valence-electron chi connectivity index (χ4n) is 1.72. The lowest BCUT2D eigenvalue weighted by atomic mass is 10.2. The monoisotopic (exact) mass is 321 g/mol. The smallest absolute Gasteiger partial charge is 0.387 e. The highest BCUT2D eigenvalue weighted by Gasteiger charge is 2.11. The van der Waals surface area contributed by atoms with Gasteiger partial charge >= 0.3 is 6.61 Å². The van der Waals surface area contributed by atoms with Gasteiger partial charge in [-0.3, -0.25) is 4.21 Å². The Bertz CT molecular complexity index is 472. The van der Waals surface area contributed by atoms with Crippen LogP contribution in [-0.2, 0) is 17.3 Å². The molecule has 0 radical (unpaired) electrons. The Morgan fingerprint density at radius 3 is 2.62 bits per heavy atom. The van der Waals surface area contributed by atoms with E-state index >= 15 is 0 Å². The summed E-state index contributed by atoms with van der Waals surface area (Å²) < 4.78 is 45.2. The number of hydrogen-bond acceptors (Lipinski definition) is 4. The summed E-state index contributed by atoms with van der Waals surface area (Å²) in [5.41, 5.74) is 0.816. The van der Waals surface area contributed by atoms with Crippen molar-refractivity contribution >= 4 is 10.8 Å². The Balaban J connectivity index is 2.53. The van der Waals surface area contributed by atoms with Crippen LogP contribution in [0.2, 0.25) is 0 Å². The first kappa shape index (κ1) is 17.8. The van der Waals surface area contributed by atoms with E-state index in [1.165, 1.54) is 13.2 Å². The number of alkyl halides is 2. The van der Waals surface area contributed by atoms with Gasteiger partial charge in [0.2, 0.25) is 0 Å². The first-order valence-corrected chi connectivity index (χ1v) is 8.20. The maximum absolute atomic E-state index is 12.3. The molecule has 1 aromatic rings. The molecule has 0 aliphatic heterocycles. The van der Waals surface area contributed by atoms with Gasteiger partial charge < -0.3 is 14.8 Å². The predicted molar refractivity (Wildman–Crippen MR) is 79.5 cm³/mol. The molecule has 21 heavy (non-hydrogen) atoms. The first-order chi connectivity index (χ1) is 9.93. The second kappa shape index (κ2) is 8.94. The second-order valence-corrected chi connectivity index (χ2v) is 6.44. The molecule has 4 nitrogen and oxygen atoms in total. The molecule has 0 heterocycles. The Kier molecular flexibility index (Phi) is 7.60. The summed E-state index contributed by atoms with van der Waals surface area (Å²) in [4.78, 5) is 0. The highest BCUT2D eigenvalue weighted by molar-refractivity contribution is 7.84. The van der Waals surface area contributed by atoms with Crippen molar-refractivity contribution in [2.24, 2.45) is 0 Å². The summed E-state index contributed by atoms with van der Waals surface area (Å²) >= 11 is 0. The average molecular weight is 321 g/mol. The van der Waals surface area contributed by atoms with Gasteiger partial charge in [-0.25, -0.2) is 0 Å². The van der Waals surface area contributed by atoms with E-state index in [4.69, 9.17) is 4.74 Å². The molecule has 0 bridgehead atoms. The van der Waals surface area contributed by atoms with E-state index in [0.717, 1.165) is 12.0 Å². The van der Waals surface area contributed by atoms with E-state index in [9.17, 15) is 13.0 Å². The van der Waals surface area contributed by atoms with Crippen LogP contribution < -0.4 is 14.8 Å². The second-order valence-electron chi connectivity index (χ2n) is 4.64. The summed E-state index contributed by atoms with van der Waals surface area (Å²) in [6.07, 6.45) is 2.47. The molecule has 0 amide bonds. The van der Waals surface area contributed by atoms with Crippen molar-refractivity contribution in [2.75, 3.05) is 19.9 Å². The van der Waals surface area contributed by atoms with Crippen LogP contribution in [0.15, 0.2) is 18.2 Å². The van der Waals surface area contributed by atoms with Crippen LogP contribution in [-0.4, -0.2) is 36.0 Å². The van der Waals surface area contributed by atoms with Gasteiger partial charge in [-0.15, -0.1) is 0 Å². The third kappa shape index (κ3) is 6.39. The zero-order valence-electron chi connectivity index (χ0n) is 12.4. The SMILES string of the molecule is COc1ccc(CNCCC(C)S(C)=O)cc1OC(F)F. The van der Waals surface area contributed by atoms with E-state index in [1.807, 2.05) is 6.92 Å². The molecular formula is C14H21F2NO3S. The molecule has 2 unspecified atom stereocenters. The molecule has 0 aromatic heterocycles. The van der Waals surface area contributed by atoms with Gasteiger partial charge in [-0.2, -0.15) is 8.78 Å². The van der Waals surface area contributed by atoms with Crippen LogP contribution in [0, 0.1) is 0 Å².